The Bertz CT molecular complexity index is 356. The van der Waals surface area contributed by atoms with Gasteiger partial charge in [-0.1, -0.05) is 13.2 Å². The lowest BCUT2D eigenvalue weighted by atomic mass is 9.92. The topological polar surface area (TPSA) is 54.0 Å². The molecule has 0 aromatic heterocycles. The number of carbonyl (C=O) groups excluding carboxylic acids is 1. The fraction of sp³-hybridized carbons (Fsp3) is 0.667. The molecule has 23 heavy (non-hydrogen) atoms. The Morgan fingerprint density at radius 3 is 1.96 bits per heavy atom. The lowest BCUT2D eigenvalue weighted by molar-refractivity contribution is -0.140. The number of hydrogen-bond donors (Lipinski definition) is 3. The first-order valence-electron chi connectivity index (χ1n) is 7.03. The molecular weight excluding hydrogens is 356 g/mol. The third-order valence-corrected chi connectivity index (χ3v) is 4.13. The molecule has 0 amide bonds. The van der Waals surface area contributed by atoms with Crippen LogP contribution in [0.4, 0.5) is 0 Å². The smallest absolute Gasteiger partial charge is 0.293 e. The van der Waals surface area contributed by atoms with Crippen molar-refractivity contribution in [2.24, 2.45) is 5.41 Å². The lowest BCUT2D eigenvalue weighted by Crippen LogP contribution is -2.42. The normalized spacial score (nSPS) is 12.3. The molecule has 0 aromatic rings. The van der Waals surface area contributed by atoms with E-state index in [1.807, 2.05) is 6.92 Å². The number of rotatable bonds is 15. The van der Waals surface area contributed by atoms with Crippen LogP contribution in [0.1, 0.15) is 6.92 Å². The molecule has 0 rings (SSSR count). The van der Waals surface area contributed by atoms with Gasteiger partial charge in [-0.3, -0.25) is 4.79 Å². The van der Waals surface area contributed by atoms with E-state index in [4.69, 9.17) is 18.9 Å². The van der Waals surface area contributed by atoms with Gasteiger partial charge in [0.05, 0.1) is 29.6 Å². The van der Waals surface area contributed by atoms with Crippen LogP contribution in [0.5, 0.6) is 0 Å². The van der Waals surface area contributed by atoms with E-state index in [1.165, 1.54) is 0 Å². The van der Waals surface area contributed by atoms with Gasteiger partial charge in [0, 0.05) is 17.3 Å². The van der Waals surface area contributed by atoms with Gasteiger partial charge in [-0.05, 0) is 6.92 Å². The van der Waals surface area contributed by atoms with Crippen molar-refractivity contribution in [3.63, 3.8) is 0 Å². The standard InChI is InChI=1S/C15H26O5S3/c1-12(4-21)18-8-15(7-17-11-16,9-19-13(2)5-22)10-20-14(3)6-23/h11,14,21-23H,1-2,4-10H2,3H3. The van der Waals surface area contributed by atoms with Gasteiger partial charge < -0.3 is 18.9 Å². The summed E-state index contributed by atoms with van der Waals surface area (Å²) in [6, 6.07) is 0. The van der Waals surface area contributed by atoms with E-state index in [1.54, 1.807) is 0 Å². The van der Waals surface area contributed by atoms with Crippen LogP contribution in [0.15, 0.2) is 24.7 Å². The largest absolute Gasteiger partial charge is 0.497 e. The zero-order valence-corrected chi connectivity index (χ0v) is 16.1. The zero-order valence-electron chi connectivity index (χ0n) is 13.4. The molecule has 0 aromatic carbocycles. The van der Waals surface area contributed by atoms with Crippen molar-refractivity contribution >= 4 is 44.4 Å². The second kappa shape index (κ2) is 12.9. The maximum atomic E-state index is 10.6. The second-order valence-corrected chi connectivity index (χ2v) is 6.18. The van der Waals surface area contributed by atoms with Gasteiger partial charge in [0.25, 0.3) is 6.47 Å². The second-order valence-electron chi connectivity index (χ2n) is 5.18. The van der Waals surface area contributed by atoms with Gasteiger partial charge in [0.15, 0.2) is 0 Å². The van der Waals surface area contributed by atoms with Crippen molar-refractivity contribution in [2.45, 2.75) is 13.0 Å². The molecule has 0 radical (unpaired) electrons. The summed E-state index contributed by atoms with van der Waals surface area (Å²) in [4.78, 5) is 10.6. The molecular formula is C15H26O5S3. The lowest BCUT2D eigenvalue weighted by Gasteiger charge is -2.33. The summed E-state index contributed by atoms with van der Waals surface area (Å²) in [6.07, 6.45) is -0.0601. The molecule has 0 aliphatic heterocycles. The fourth-order valence-electron chi connectivity index (χ4n) is 1.43. The molecule has 0 N–H and O–H groups in total. The third-order valence-electron chi connectivity index (χ3n) is 2.91. The Labute approximate surface area is 155 Å². The van der Waals surface area contributed by atoms with Crippen molar-refractivity contribution in [3.05, 3.63) is 24.7 Å². The highest BCUT2D eigenvalue weighted by molar-refractivity contribution is 7.80. The summed E-state index contributed by atoms with van der Waals surface area (Å²) in [6.45, 7) is 10.5. The highest BCUT2D eigenvalue weighted by atomic mass is 32.1. The third kappa shape index (κ3) is 10.1. The molecule has 5 nitrogen and oxygen atoms in total. The van der Waals surface area contributed by atoms with Crippen LogP contribution in [0.2, 0.25) is 0 Å². The fourth-order valence-corrected chi connectivity index (χ4v) is 1.72. The number of carbonyl (C=O) groups is 1. The van der Waals surface area contributed by atoms with Crippen LogP contribution in [0, 0.1) is 5.41 Å². The summed E-state index contributed by atoms with van der Waals surface area (Å²) in [5.41, 5.74) is -0.699. The molecule has 0 aliphatic carbocycles. The van der Waals surface area contributed by atoms with Gasteiger partial charge in [-0.2, -0.15) is 37.9 Å². The highest BCUT2D eigenvalue weighted by Gasteiger charge is 2.35. The van der Waals surface area contributed by atoms with Gasteiger partial charge in [-0.25, -0.2) is 0 Å². The van der Waals surface area contributed by atoms with E-state index < -0.39 is 5.41 Å². The summed E-state index contributed by atoms with van der Waals surface area (Å²) < 4.78 is 21.9. The van der Waals surface area contributed by atoms with Crippen LogP contribution in [0.3, 0.4) is 0 Å². The first-order valence-corrected chi connectivity index (χ1v) is 8.93. The molecule has 0 bridgehead atoms. The Morgan fingerprint density at radius 2 is 1.57 bits per heavy atom. The van der Waals surface area contributed by atoms with Crippen LogP contribution < -0.4 is 0 Å². The Hall–Kier alpha value is -0.440. The number of thiol groups is 3. The predicted molar refractivity (Wildman–Crippen MR) is 102 cm³/mol. The Morgan fingerprint density at radius 1 is 1.04 bits per heavy atom. The first-order chi connectivity index (χ1) is 10.9. The van der Waals surface area contributed by atoms with E-state index >= 15 is 0 Å². The van der Waals surface area contributed by atoms with Crippen molar-refractivity contribution in [3.8, 4) is 0 Å². The molecule has 0 fully saturated rings. The zero-order chi connectivity index (χ0) is 17.7. The highest BCUT2D eigenvalue weighted by Crippen LogP contribution is 2.23. The van der Waals surface area contributed by atoms with Crippen LogP contribution in [0.25, 0.3) is 0 Å². The minimum atomic E-state index is -0.699. The van der Waals surface area contributed by atoms with Gasteiger partial charge >= 0.3 is 0 Å². The maximum Gasteiger partial charge on any atom is 0.293 e. The molecule has 0 saturated heterocycles. The number of ether oxygens (including phenoxy) is 4. The Balaban J connectivity index is 5.02. The first kappa shape index (κ1) is 22.6. The Kier molecular flexibility index (Phi) is 12.7. The molecule has 0 aliphatic rings. The quantitative estimate of drug-likeness (QED) is 0.231. The summed E-state index contributed by atoms with van der Waals surface area (Å²) >= 11 is 12.4. The molecule has 1 unspecified atom stereocenters. The molecule has 134 valence electrons. The average molecular weight is 383 g/mol. The van der Waals surface area contributed by atoms with Crippen LogP contribution >= 0.6 is 37.9 Å². The van der Waals surface area contributed by atoms with E-state index in [9.17, 15) is 4.79 Å². The van der Waals surface area contributed by atoms with Crippen molar-refractivity contribution < 1.29 is 23.7 Å². The average Bonchev–Trinajstić information content (AvgIpc) is 2.59. The molecule has 0 saturated carbocycles. The maximum absolute atomic E-state index is 10.6. The monoisotopic (exact) mass is 382 g/mol. The van der Waals surface area contributed by atoms with Crippen molar-refractivity contribution in [1.29, 1.82) is 0 Å². The summed E-state index contributed by atoms with van der Waals surface area (Å²) in [5.74, 6) is 2.38. The van der Waals surface area contributed by atoms with Gasteiger partial charge in [0.1, 0.15) is 19.8 Å². The molecule has 8 heteroatoms. The SMILES string of the molecule is C=C(CS)OCC(COC=O)(COC(=C)CS)COC(C)CS. The van der Waals surface area contributed by atoms with Crippen molar-refractivity contribution in [2.75, 3.05) is 43.7 Å². The van der Waals surface area contributed by atoms with Crippen molar-refractivity contribution in [1.82, 2.24) is 0 Å². The van der Waals surface area contributed by atoms with Crippen LogP contribution in [-0.4, -0.2) is 56.3 Å². The minimum absolute atomic E-state index is 0.0601. The molecule has 0 spiro atoms. The summed E-state index contributed by atoms with van der Waals surface area (Å²) in [5, 5.41) is 0. The summed E-state index contributed by atoms with van der Waals surface area (Å²) in [7, 11) is 0. The minimum Gasteiger partial charge on any atom is -0.497 e. The van der Waals surface area contributed by atoms with Gasteiger partial charge in [-0.15, -0.1) is 0 Å². The van der Waals surface area contributed by atoms with E-state index in [0.29, 0.717) is 35.2 Å². The van der Waals surface area contributed by atoms with Gasteiger partial charge in [0.2, 0.25) is 0 Å². The van der Waals surface area contributed by atoms with Crippen LogP contribution in [-0.2, 0) is 23.7 Å². The predicted octanol–water partition coefficient (Wildman–Crippen LogP) is 2.40. The number of hydrogen-bond acceptors (Lipinski definition) is 8. The van der Waals surface area contributed by atoms with E-state index in [2.05, 4.69) is 51.0 Å². The molecule has 0 heterocycles. The van der Waals surface area contributed by atoms with E-state index in [0.717, 1.165) is 0 Å². The van der Waals surface area contributed by atoms with E-state index in [-0.39, 0.29) is 32.5 Å². The molecule has 1 atom stereocenters.